The highest BCUT2D eigenvalue weighted by Gasteiger charge is 2.43. The molecule has 2 saturated heterocycles. The fourth-order valence-electron chi connectivity index (χ4n) is 3.58. The molecule has 1 atom stereocenters. The normalized spacial score (nSPS) is 27.6. The molecule has 2 rings (SSSR count). The molecule has 3 heteroatoms. The Kier molecular flexibility index (Phi) is 5.27. The zero-order chi connectivity index (χ0) is 13.8. The fraction of sp³-hybridized carbons (Fsp3) is 1.00. The van der Waals surface area contributed by atoms with Crippen molar-refractivity contribution < 1.29 is 9.47 Å². The van der Waals surface area contributed by atoms with Gasteiger partial charge in [0.05, 0.1) is 5.60 Å². The lowest BCUT2D eigenvalue weighted by Crippen LogP contribution is -2.47. The molecule has 0 bridgehead atoms. The first-order chi connectivity index (χ1) is 9.08. The van der Waals surface area contributed by atoms with Crippen LogP contribution in [-0.4, -0.2) is 38.5 Å². The molecule has 1 N–H and O–H groups in total. The van der Waals surface area contributed by atoms with Crippen LogP contribution < -0.4 is 5.32 Å². The van der Waals surface area contributed by atoms with E-state index in [-0.39, 0.29) is 5.60 Å². The smallest absolute Gasteiger partial charge is 0.0729 e. The Hall–Kier alpha value is -0.120. The summed E-state index contributed by atoms with van der Waals surface area (Å²) in [4.78, 5) is 0. The molecule has 0 aromatic rings. The second-order valence-corrected chi connectivity index (χ2v) is 6.93. The molecule has 19 heavy (non-hydrogen) atoms. The van der Waals surface area contributed by atoms with Gasteiger partial charge in [0.15, 0.2) is 0 Å². The largest absolute Gasteiger partial charge is 0.381 e. The molecular weight excluding hydrogens is 238 g/mol. The van der Waals surface area contributed by atoms with Crippen LogP contribution in [0.5, 0.6) is 0 Å². The van der Waals surface area contributed by atoms with E-state index in [1.807, 2.05) is 0 Å². The van der Waals surface area contributed by atoms with Crippen LogP contribution in [0.3, 0.4) is 0 Å². The summed E-state index contributed by atoms with van der Waals surface area (Å²) < 4.78 is 11.7. The van der Waals surface area contributed by atoms with Gasteiger partial charge in [-0.05, 0) is 56.5 Å². The lowest BCUT2D eigenvalue weighted by atomic mass is 9.67. The van der Waals surface area contributed by atoms with E-state index in [0.717, 1.165) is 51.7 Å². The first kappa shape index (κ1) is 15.3. The van der Waals surface area contributed by atoms with E-state index < -0.39 is 0 Å². The third-order valence-corrected chi connectivity index (χ3v) is 5.20. The summed E-state index contributed by atoms with van der Waals surface area (Å²) in [6, 6.07) is 0. The van der Waals surface area contributed by atoms with E-state index in [1.54, 1.807) is 0 Å². The molecule has 1 unspecified atom stereocenters. The lowest BCUT2D eigenvalue weighted by molar-refractivity contribution is -0.159. The van der Waals surface area contributed by atoms with E-state index in [2.05, 4.69) is 26.1 Å². The van der Waals surface area contributed by atoms with Crippen LogP contribution in [0.2, 0.25) is 0 Å². The van der Waals surface area contributed by atoms with Crippen LogP contribution in [-0.2, 0) is 9.47 Å². The Morgan fingerprint density at radius 3 is 2.63 bits per heavy atom. The van der Waals surface area contributed by atoms with Crippen LogP contribution in [0, 0.1) is 11.3 Å². The minimum atomic E-state index is 0.136. The molecule has 0 aromatic carbocycles. The highest BCUT2D eigenvalue weighted by atomic mass is 16.5. The molecule has 0 saturated carbocycles. The van der Waals surface area contributed by atoms with Crippen molar-refractivity contribution in [3.05, 3.63) is 0 Å². The van der Waals surface area contributed by atoms with E-state index in [1.165, 1.54) is 19.3 Å². The van der Waals surface area contributed by atoms with E-state index in [0.29, 0.717) is 5.41 Å². The fourth-order valence-corrected chi connectivity index (χ4v) is 3.58. The Morgan fingerprint density at radius 1 is 1.21 bits per heavy atom. The first-order valence-electron chi connectivity index (χ1n) is 8.00. The van der Waals surface area contributed by atoms with Crippen molar-refractivity contribution in [3.63, 3.8) is 0 Å². The van der Waals surface area contributed by atoms with Gasteiger partial charge in [-0.25, -0.2) is 0 Å². The molecule has 2 aliphatic rings. The van der Waals surface area contributed by atoms with Crippen LogP contribution in [0.15, 0.2) is 0 Å². The van der Waals surface area contributed by atoms with Crippen LogP contribution >= 0.6 is 0 Å². The van der Waals surface area contributed by atoms with Gasteiger partial charge in [-0.1, -0.05) is 20.8 Å². The van der Waals surface area contributed by atoms with Gasteiger partial charge in [-0.2, -0.15) is 0 Å². The van der Waals surface area contributed by atoms with Crippen molar-refractivity contribution in [2.24, 2.45) is 11.3 Å². The van der Waals surface area contributed by atoms with Gasteiger partial charge < -0.3 is 14.8 Å². The molecule has 1 spiro atoms. The van der Waals surface area contributed by atoms with Crippen molar-refractivity contribution in [3.8, 4) is 0 Å². The van der Waals surface area contributed by atoms with Crippen LogP contribution in [0.4, 0.5) is 0 Å². The summed E-state index contributed by atoms with van der Waals surface area (Å²) in [5, 5.41) is 3.46. The molecule has 0 radical (unpaired) electrons. The zero-order valence-corrected chi connectivity index (χ0v) is 13.0. The maximum Gasteiger partial charge on any atom is 0.0729 e. The average molecular weight is 269 g/mol. The van der Waals surface area contributed by atoms with Crippen molar-refractivity contribution in [2.45, 2.75) is 58.5 Å². The van der Waals surface area contributed by atoms with E-state index >= 15 is 0 Å². The highest BCUT2D eigenvalue weighted by molar-refractivity contribution is 4.93. The third kappa shape index (κ3) is 3.93. The molecule has 0 amide bonds. The summed E-state index contributed by atoms with van der Waals surface area (Å²) in [5.41, 5.74) is 0.549. The van der Waals surface area contributed by atoms with Gasteiger partial charge in [0.25, 0.3) is 0 Å². The monoisotopic (exact) mass is 269 g/mol. The maximum atomic E-state index is 6.16. The SMILES string of the molecule is CCNCCC(C)(C)C1CCOC2(CCOCC2)C1. The van der Waals surface area contributed by atoms with Gasteiger partial charge in [0.1, 0.15) is 0 Å². The zero-order valence-electron chi connectivity index (χ0n) is 13.0. The number of hydrogen-bond donors (Lipinski definition) is 1. The summed E-state index contributed by atoms with van der Waals surface area (Å²) in [5.74, 6) is 0.790. The summed E-state index contributed by atoms with van der Waals surface area (Å²) in [7, 11) is 0. The van der Waals surface area contributed by atoms with Crippen LogP contribution in [0.1, 0.15) is 52.9 Å². The Bertz CT molecular complexity index is 266. The quantitative estimate of drug-likeness (QED) is 0.778. The first-order valence-corrected chi connectivity index (χ1v) is 8.00. The molecular formula is C16H31NO2. The van der Waals surface area contributed by atoms with Gasteiger partial charge >= 0.3 is 0 Å². The lowest BCUT2D eigenvalue weighted by Gasteiger charge is -2.48. The van der Waals surface area contributed by atoms with Crippen LogP contribution in [0.25, 0.3) is 0 Å². The van der Waals surface area contributed by atoms with Gasteiger partial charge in [-0.3, -0.25) is 0 Å². The predicted molar refractivity (Wildman–Crippen MR) is 78.4 cm³/mol. The molecule has 0 aliphatic carbocycles. The van der Waals surface area contributed by atoms with Crippen molar-refractivity contribution in [2.75, 3.05) is 32.9 Å². The van der Waals surface area contributed by atoms with E-state index in [4.69, 9.17) is 9.47 Å². The summed E-state index contributed by atoms with van der Waals surface area (Å²) in [6.45, 7) is 12.0. The van der Waals surface area contributed by atoms with Gasteiger partial charge in [0.2, 0.25) is 0 Å². The second kappa shape index (κ2) is 6.55. The number of hydrogen-bond acceptors (Lipinski definition) is 3. The number of ether oxygens (including phenoxy) is 2. The molecule has 2 aliphatic heterocycles. The Morgan fingerprint density at radius 2 is 1.95 bits per heavy atom. The second-order valence-electron chi connectivity index (χ2n) is 6.93. The molecule has 2 heterocycles. The minimum absolute atomic E-state index is 0.136. The van der Waals surface area contributed by atoms with Crippen molar-refractivity contribution in [1.29, 1.82) is 0 Å². The Balaban J connectivity index is 1.91. The topological polar surface area (TPSA) is 30.5 Å². The maximum absolute atomic E-state index is 6.16. The Labute approximate surface area is 118 Å². The van der Waals surface area contributed by atoms with Crippen molar-refractivity contribution in [1.82, 2.24) is 5.32 Å². The molecule has 2 fully saturated rings. The minimum Gasteiger partial charge on any atom is -0.381 e. The predicted octanol–water partition coefficient (Wildman–Crippen LogP) is 2.99. The van der Waals surface area contributed by atoms with Crippen molar-refractivity contribution >= 4 is 0 Å². The number of nitrogens with one attached hydrogen (secondary N) is 1. The highest BCUT2D eigenvalue weighted by Crippen LogP contribution is 2.45. The number of rotatable bonds is 5. The summed E-state index contributed by atoms with van der Waals surface area (Å²) >= 11 is 0. The summed E-state index contributed by atoms with van der Waals surface area (Å²) in [6.07, 6.45) is 5.90. The van der Waals surface area contributed by atoms with Gasteiger partial charge in [0, 0.05) is 19.8 Å². The molecule has 112 valence electrons. The third-order valence-electron chi connectivity index (χ3n) is 5.20. The molecule has 0 aromatic heterocycles. The van der Waals surface area contributed by atoms with Gasteiger partial charge in [-0.15, -0.1) is 0 Å². The molecule has 3 nitrogen and oxygen atoms in total. The van der Waals surface area contributed by atoms with E-state index in [9.17, 15) is 0 Å². The standard InChI is InChI=1S/C16H31NO2/c1-4-17-9-6-15(2,3)14-5-10-19-16(13-14)7-11-18-12-8-16/h14,17H,4-13H2,1-3H3. The average Bonchev–Trinajstić information content (AvgIpc) is 2.40.